The van der Waals surface area contributed by atoms with Crippen molar-refractivity contribution in [2.75, 3.05) is 6.61 Å². The molecule has 19 heavy (non-hydrogen) atoms. The van der Waals surface area contributed by atoms with Crippen LogP contribution in [0, 0.1) is 0 Å². The van der Waals surface area contributed by atoms with E-state index < -0.39 is 5.97 Å². The van der Waals surface area contributed by atoms with Gasteiger partial charge in [-0.3, -0.25) is 0 Å². The molecular formula is C15H13ClO3. The molecule has 0 aliphatic heterocycles. The molecule has 0 atom stereocenters. The highest BCUT2D eigenvalue weighted by Crippen LogP contribution is 2.30. The van der Waals surface area contributed by atoms with Crippen LogP contribution in [0.5, 0.6) is 5.75 Å². The number of aromatic carboxylic acids is 1. The Morgan fingerprint density at radius 1 is 1.16 bits per heavy atom. The molecular weight excluding hydrogens is 264 g/mol. The van der Waals surface area contributed by atoms with Gasteiger partial charge < -0.3 is 9.84 Å². The van der Waals surface area contributed by atoms with Gasteiger partial charge >= 0.3 is 5.97 Å². The zero-order chi connectivity index (χ0) is 13.8. The molecule has 0 aliphatic rings. The van der Waals surface area contributed by atoms with E-state index in [1.165, 1.54) is 0 Å². The van der Waals surface area contributed by atoms with E-state index >= 15 is 0 Å². The summed E-state index contributed by atoms with van der Waals surface area (Å²) in [5.41, 5.74) is 2.10. The van der Waals surface area contributed by atoms with Crippen molar-refractivity contribution in [2.45, 2.75) is 6.92 Å². The maximum absolute atomic E-state index is 10.8. The van der Waals surface area contributed by atoms with Gasteiger partial charge in [-0.05, 0) is 42.3 Å². The predicted octanol–water partition coefficient (Wildman–Crippen LogP) is 4.10. The van der Waals surface area contributed by atoms with Gasteiger partial charge in [0.2, 0.25) is 0 Å². The average molecular weight is 277 g/mol. The molecule has 0 saturated heterocycles. The highest BCUT2D eigenvalue weighted by atomic mass is 35.5. The number of benzene rings is 2. The number of halogens is 1. The van der Waals surface area contributed by atoms with E-state index in [0.717, 1.165) is 11.1 Å². The quantitative estimate of drug-likeness (QED) is 0.914. The fourth-order valence-corrected chi connectivity index (χ4v) is 1.99. The zero-order valence-electron chi connectivity index (χ0n) is 10.4. The van der Waals surface area contributed by atoms with Crippen LogP contribution in [0.3, 0.4) is 0 Å². The molecule has 1 N–H and O–H groups in total. The smallest absolute Gasteiger partial charge is 0.335 e. The number of carboxylic acids is 1. The van der Waals surface area contributed by atoms with Gasteiger partial charge in [0, 0.05) is 0 Å². The highest BCUT2D eigenvalue weighted by Gasteiger charge is 2.06. The van der Waals surface area contributed by atoms with Gasteiger partial charge in [-0.2, -0.15) is 0 Å². The molecule has 98 valence electrons. The summed E-state index contributed by atoms with van der Waals surface area (Å²) in [6.45, 7) is 2.46. The Balaban J connectivity index is 2.31. The first-order valence-electron chi connectivity index (χ1n) is 5.88. The SMILES string of the molecule is CCOc1ccc(-c2ccc(C(=O)O)cc2)cc1Cl. The van der Waals surface area contributed by atoms with Crippen LogP contribution in [0.2, 0.25) is 5.02 Å². The molecule has 0 heterocycles. The number of rotatable bonds is 4. The van der Waals surface area contributed by atoms with Crippen LogP contribution >= 0.6 is 11.6 Å². The number of ether oxygens (including phenoxy) is 1. The molecule has 2 aromatic carbocycles. The van der Waals surface area contributed by atoms with Crippen LogP contribution in [0.4, 0.5) is 0 Å². The number of hydrogen-bond donors (Lipinski definition) is 1. The molecule has 0 amide bonds. The second-order valence-corrected chi connectivity index (χ2v) is 4.37. The summed E-state index contributed by atoms with van der Waals surface area (Å²) in [7, 11) is 0. The molecule has 0 bridgehead atoms. The third-order valence-corrected chi connectivity index (χ3v) is 2.99. The molecule has 0 aromatic heterocycles. The lowest BCUT2D eigenvalue weighted by molar-refractivity contribution is 0.0697. The first-order chi connectivity index (χ1) is 9.11. The van der Waals surface area contributed by atoms with Crippen molar-refractivity contribution in [3.8, 4) is 16.9 Å². The Morgan fingerprint density at radius 3 is 2.32 bits per heavy atom. The zero-order valence-corrected chi connectivity index (χ0v) is 11.1. The molecule has 0 fully saturated rings. The van der Waals surface area contributed by atoms with Crippen molar-refractivity contribution in [1.82, 2.24) is 0 Å². The van der Waals surface area contributed by atoms with E-state index in [9.17, 15) is 4.79 Å². The first-order valence-corrected chi connectivity index (χ1v) is 6.25. The molecule has 2 aromatic rings. The Kier molecular flexibility index (Phi) is 4.07. The van der Waals surface area contributed by atoms with Crippen LogP contribution in [-0.2, 0) is 0 Å². The minimum absolute atomic E-state index is 0.265. The molecule has 3 nitrogen and oxygen atoms in total. The molecule has 2 rings (SSSR count). The van der Waals surface area contributed by atoms with Gasteiger partial charge in [-0.1, -0.05) is 29.8 Å². The summed E-state index contributed by atoms with van der Waals surface area (Å²) in [5, 5.41) is 9.39. The van der Waals surface area contributed by atoms with Gasteiger partial charge in [0.15, 0.2) is 0 Å². The van der Waals surface area contributed by atoms with E-state index in [1.807, 2.05) is 25.1 Å². The van der Waals surface area contributed by atoms with Gasteiger partial charge in [0.25, 0.3) is 0 Å². The molecule has 0 spiro atoms. The van der Waals surface area contributed by atoms with E-state index in [1.54, 1.807) is 24.3 Å². The molecule has 0 unspecified atom stereocenters. The summed E-state index contributed by atoms with van der Waals surface area (Å²) in [5.74, 6) is -0.286. The lowest BCUT2D eigenvalue weighted by Crippen LogP contribution is -1.95. The van der Waals surface area contributed by atoms with Crippen LogP contribution in [-0.4, -0.2) is 17.7 Å². The Morgan fingerprint density at radius 2 is 1.79 bits per heavy atom. The molecule has 4 heteroatoms. The number of hydrogen-bond acceptors (Lipinski definition) is 2. The van der Waals surface area contributed by atoms with Crippen molar-refractivity contribution in [3.63, 3.8) is 0 Å². The van der Waals surface area contributed by atoms with Gasteiger partial charge in [-0.25, -0.2) is 4.79 Å². The Hall–Kier alpha value is -2.00. The van der Waals surface area contributed by atoms with Crippen molar-refractivity contribution in [3.05, 3.63) is 53.1 Å². The first kappa shape index (κ1) is 13.4. The fraction of sp³-hybridized carbons (Fsp3) is 0.133. The standard InChI is InChI=1S/C15H13ClO3/c1-2-19-14-8-7-12(9-13(14)16)10-3-5-11(6-4-10)15(17)18/h3-9H,2H2,1H3,(H,17,18). The Labute approximate surface area is 116 Å². The van der Waals surface area contributed by atoms with Crippen LogP contribution in [0.1, 0.15) is 17.3 Å². The van der Waals surface area contributed by atoms with E-state index in [2.05, 4.69) is 0 Å². The number of carbonyl (C=O) groups is 1. The highest BCUT2D eigenvalue weighted by molar-refractivity contribution is 6.32. The largest absolute Gasteiger partial charge is 0.492 e. The maximum Gasteiger partial charge on any atom is 0.335 e. The van der Waals surface area contributed by atoms with Crippen molar-refractivity contribution in [2.24, 2.45) is 0 Å². The van der Waals surface area contributed by atoms with Crippen molar-refractivity contribution < 1.29 is 14.6 Å². The van der Waals surface area contributed by atoms with Gasteiger partial charge in [0.1, 0.15) is 5.75 Å². The molecule has 0 saturated carbocycles. The van der Waals surface area contributed by atoms with Crippen LogP contribution in [0.15, 0.2) is 42.5 Å². The minimum atomic E-state index is -0.934. The number of carboxylic acid groups (broad SMARTS) is 1. The minimum Gasteiger partial charge on any atom is -0.492 e. The van der Waals surface area contributed by atoms with E-state index in [0.29, 0.717) is 17.4 Å². The van der Waals surface area contributed by atoms with Gasteiger partial charge in [-0.15, -0.1) is 0 Å². The van der Waals surface area contributed by atoms with Crippen LogP contribution in [0.25, 0.3) is 11.1 Å². The van der Waals surface area contributed by atoms with Crippen molar-refractivity contribution >= 4 is 17.6 Å². The summed E-state index contributed by atoms with van der Waals surface area (Å²) in [6, 6.07) is 12.2. The maximum atomic E-state index is 10.8. The lowest BCUT2D eigenvalue weighted by atomic mass is 10.0. The van der Waals surface area contributed by atoms with Gasteiger partial charge in [0.05, 0.1) is 17.2 Å². The summed E-state index contributed by atoms with van der Waals surface area (Å²) in [6.07, 6.45) is 0. The third kappa shape index (κ3) is 3.06. The second-order valence-electron chi connectivity index (χ2n) is 3.96. The molecule has 0 aliphatic carbocycles. The summed E-state index contributed by atoms with van der Waals surface area (Å²) >= 11 is 6.12. The second kappa shape index (κ2) is 5.76. The monoisotopic (exact) mass is 276 g/mol. The summed E-state index contributed by atoms with van der Waals surface area (Å²) < 4.78 is 5.37. The van der Waals surface area contributed by atoms with Crippen LogP contribution < -0.4 is 4.74 Å². The topological polar surface area (TPSA) is 46.5 Å². The lowest BCUT2D eigenvalue weighted by Gasteiger charge is -2.08. The summed E-state index contributed by atoms with van der Waals surface area (Å²) in [4.78, 5) is 10.8. The normalized spacial score (nSPS) is 10.2. The van der Waals surface area contributed by atoms with E-state index in [-0.39, 0.29) is 5.56 Å². The Bertz CT molecular complexity index is 591. The fourth-order valence-electron chi connectivity index (χ4n) is 1.76. The van der Waals surface area contributed by atoms with E-state index in [4.69, 9.17) is 21.4 Å². The average Bonchev–Trinajstić information content (AvgIpc) is 2.41. The third-order valence-electron chi connectivity index (χ3n) is 2.70. The van der Waals surface area contributed by atoms with Crippen molar-refractivity contribution in [1.29, 1.82) is 0 Å². The molecule has 0 radical (unpaired) electrons. The predicted molar refractivity (Wildman–Crippen MR) is 75.0 cm³/mol.